The molecular formula is C15H19N. The molecule has 2 aromatic carbocycles. The van der Waals surface area contributed by atoms with E-state index in [1.807, 2.05) is 0 Å². The minimum atomic E-state index is 0.0734. The number of hydrogen-bond donors (Lipinski definition) is 0. The van der Waals surface area contributed by atoms with Gasteiger partial charge in [-0.3, -0.25) is 0 Å². The van der Waals surface area contributed by atoms with Gasteiger partial charge in [0.25, 0.3) is 0 Å². The van der Waals surface area contributed by atoms with Gasteiger partial charge < -0.3 is 4.90 Å². The van der Waals surface area contributed by atoms with E-state index >= 15 is 0 Å². The van der Waals surface area contributed by atoms with E-state index in [0.717, 1.165) is 0 Å². The van der Waals surface area contributed by atoms with Crippen LogP contribution in [-0.4, -0.2) is 19.0 Å². The van der Waals surface area contributed by atoms with Crippen molar-refractivity contribution in [2.75, 3.05) is 14.1 Å². The summed E-state index contributed by atoms with van der Waals surface area (Å²) in [4.78, 5) is 2.25. The third kappa shape index (κ3) is 1.83. The molecule has 0 spiro atoms. The average Bonchev–Trinajstić information content (AvgIpc) is 2.28. The quantitative estimate of drug-likeness (QED) is 0.736. The molecule has 0 unspecified atom stereocenters. The van der Waals surface area contributed by atoms with E-state index in [2.05, 4.69) is 75.3 Å². The Hall–Kier alpha value is -1.34. The van der Waals surface area contributed by atoms with Crippen molar-refractivity contribution in [3.05, 3.63) is 48.0 Å². The molecule has 0 atom stereocenters. The van der Waals surface area contributed by atoms with Crippen LogP contribution in [0.25, 0.3) is 10.8 Å². The van der Waals surface area contributed by atoms with Crippen LogP contribution in [-0.2, 0) is 5.54 Å². The first-order valence-corrected chi connectivity index (χ1v) is 5.68. The average molecular weight is 213 g/mol. The van der Waals surface area contributed by atoms with Gasteiger partial charge in [-0.25, -0.2) is 0 Å². The summed E-state index contributed by atoms with van der Waals surface area (Å²) in [5, 5.41) is 2.62. The number of nitrogens with zero attached hydrogens (tertiary/aromatic N) is 1. The summed E-state index contributed by atoms with van der Waals surface area (Å²) in [6, 6.07) is 15.2. The Morgan fingerprint density at radius 1 is 0.875 bits per heavy atom. The van der Waals surface area contributed by atoms with Gasteiger partial charge in [0.05, 0.1) is 0 Å². The molecule has 1 heteroatoms. The van der Waals surface area contributed by atoms with Gasteiger partial charge in [0.1, 0.15) is 0 Å². The van der Waals surface area contributed by atoms with Crippen molar-refractivity contribution < 1.29 is 0 Å². The lowest BCUT2D eigenvalue weighted by Gasteiger charge is -2.33. The van der Waals surface area contributed by atoms with Crippen molar-refractivity contribution >= 4 is 10.8 Å². The van der Waals surface area contributed by atoms with Gasteiger partial charge in [0.2, 0.25) is 0 Å². The van der Waals surface area contributed by atoms with Crippen molar-refractivity contribution in [3.63, 3.8) is 0 Å². The van der Waals surface area contributed by atoms with E-state index in [1.54, 1.807) is 0 Å². The first-order valence-electron chi connectivity index (χ1n) is 5.68. The fraction of sp³-hybridized carbons (Fsp3) is 0.333. The van der Waals surface area contributed by atoms with Crippen LogP contribution in [0.2, 0.25) is 0 Å². The highest BCUT2D eigenvalue weighted by Gasteiger charge is 2.22. The van der Waals surface area contributed by atoms with E-state index in [-0.39, 0.29) is 5.54 Å². The van der Waals surface area contributed by atoms with Crippen molar-refractivity contribution in [1.29, 1.82) is 0 Å². The maximum atomic E-state index is 2.29. The first-order chi connectivity index (χ1) is 7.51. The van der Waals surface area contributed by atoms with Gasteiger partial charge in [0.15, 0.2) is 0 Å². The summed E-state index contributed by atoms with van der Waals surface area (Å²) < 4.78 is 0. The van der Waals surface area contributed by atoms with Crippen molar-refractivity contribution in [3.8, 4) is 0 Å². The summed E-state index contributed by atoms with van der Waals surface area (Å²) in [5.41, 5.74) is 1.43. The Labute approximate surface area is 97.7 Å². The smallest absolute Gasteiger partial charge is 0.0398 e. The molecule has 0 aliphatic rings. The molecule has 0 aliphatic carbocycles. The lowest BCUT2D eigenvalue weighted by Crippen LogP contribution is -2.35. The maximum absolute atomic E-state index is 2.29. The molecule has 0 fully saturated rings. The van der Waals surface area contributed by atoms with Gasteiger partial charge in [-0.2, -0.15) is 0 Å². The number of rotatable bonds is 2. The molecule has 0 aromatic heterocycles. The second kappa shape index (κ2) is 3.91. The third-order valence-corrected chi connectivity index (χ3v) is 3.57. The molecule has 0 radical (unpaired) electrons. The van der Waals surface area contributed by atoms with E-state index < -0.39 is 0 Å². The molecule has 0 saturated heterocycles. The van der Waals surface area contributed by atoms with Crippen LogP contribution in [0.3, 0.4) is 0 Å². The summed E-state index contributed by atoms with van der Waals surface area (Å²) in [6.45, 7) is 4.49. The second-order valence-corrected chi connectivity index (χ2v) is 5.02. The van der Waals surface area contributed by atoms with Gasteiger partial charge in [-0.1, -0.05) is 36.4 Å². The molecule has 0 heterocycles. The zero-order chi connectivity index (χ0) is 11.8. The Bertz CT molecular complexity index is 498. The van der Waals surface area contributed by atoms with Gasteiger partial charge in [-0.15, -0.1) is 0 Å². The second-order valence-electron chi connectivity index (χ2n) is 5.02. The zero-order valence-electron chi connectivity index (χ0n) is 10.5. The Kier molecular flexibility index (Phi) is 2.73. The molecule has 0 saturated carbocycles. The van der Waals surface area contributed by atoms with Crippen LogP contribution in [0.1, 0.15) is 19.4 Å². The SMILES string of the molecule is CN(C)C(C)(C)c1ccc2ccccc2c1. The number of fused-ring (bicyclic) bond motifs is 1. The minimum absolute atomic E-state index is 0.0734. The van der Waals surface area contributed by atoms with E-state index in [1.165, 1.54) is 16.3 Å². The standard InChI is InChI=1S/C15H19N/c1-15(2,16(3)4)14-10-9-12-7-5-6-8-13(12)11-14/h5-11H,1-4H3. The largest absolute Gasteiger partial charge is 0.300 e. The molecule has 1 nitrogen and oxygen atoms in total. The fourth-order valence-electron chi connectivity index (χ4n) is 1.83. The highest BCUT2D eigenvalue weighted by Crippen LogP contribution is 2.28. The van der Waals surface area contributed by atoms with Gasteiger partial charge in [-0.05, 0) is 50.3 Å². The van der Waals surface area contributed by atoms with Crippen LogP contribution in [0.5, 0.6) is 0 Å². The highest BCUT2D eigenvalue weighted by atomic mass is 15.1. The molecule has 0 amide bonds. The first kappa shape index (κ1) is 11.2. The molecular weight excluding hydrogens is 194 g/mol. The van der Waals surface area contributed by atoms with E-state index in [4.69, 9.17) is 0 Å². The topological polar surface area (TPSA) is 3.24 Å². The van der Waals surface area contributed by atoms with Crippen LogP contribution in [0, 0.1) is 0 Å². The van der Waals surface area contributed by atoms with Gasteiger partial charge in [0, 0.05) is 5.54 Å². The predicted molar refractivity (Wildman–Crippen MR) is 70.7 cm³/mol. The fourth-order valence-corrected chi connectivity index (χ4v) is 1.83. The molecule has 0 N–H and O–H groups in total. The molecule has 2 rings (SSSR count). The van der Waals surface area contributed by atoms with E-state index in [0.29, 0.717) is 0 Å². The molecule has 2 aromatic rings. The van der Waals surface area contributed by atoms with Crippen molar-refractivity contribution in [1.82, 2.24) is 4.90 Å². The van der Waals surface area contributed by atoms with Crippen molar-refractivity contribution in [2.24, 2.45) is 0 Å². The predicted octanol–water partition coefficient (Wildman–Crippen LogP) is 3.64. The normalized spacial score (nSPS) is 12.3. The molecule has 0 bridgehead atoms. The third-order valence-electron chi connectivity index (χ3n) is 3.57. The summed E-state index contributed by atoms with van der Waals surface area (Å²) >= 11 is 0. The zero-order valence-corrected chi connectivity index (χ0v) is 10.5. The summed E-state index contributed by atoms with van der Waals surface area (Å²) in [7, 11) is 4.24. The number of benzene rings is 2. The minimum Gasteiger partial charge on any atom is -0.300 e. The van der Waals surface area contributed by atoms with Crippen LogP contribution in [0.15, 0.2) is 42.5 Å². The molecule has 0 aliphatic heterocycles. The summed E-state index contributed by atoms with van der Waals surface area (Å²) in [6.07, 6.45) is 0. The van der Waals surface area contributed by atoms with Crippen LogP contribution in [0.4, 0.5) is 0 Å². The molecule has 84 valence electrons. The number of hydrogen-bond acceptors (Lipinski definition) is 1. The van der Waals surface area contributed by atoms with Crippen LogP contribution < -0.4 is 0 Å². The Morgan fingerprint density at radius 2 is 1.50 bits per heavy atom. The molecule has 16 heavy (non-hydrogen) atoms. The monoisotopic (exact) mass is 213 g/mol. The lowest BCUT2D eigenvalue weighted by atomic mass is 9.91. The maximum Gasteiger partial charge on any atom is 0.0398 e. The lowest BCUT2D eigenvalue weighted by molar-refractivity contribution is 0.198. The summed E-state index contributed by atoms with van der Waals surface area (Å²) in [5.74, 6) is 0. The van der Waals surface area contributed by atoms with Gasteiger partial charge >= 0.3 is 0 Å². The van der Waals surface area contributed by atoms with Crippen LogP contribution >= 0.6 is 0 Å². The Balaban J connectivity index is 2.55. The van der Waals surface area contributed by atoms with Crippen molar-refractivity contribution in [2.45, 2.75) is 19.4 Å². The van der Waals surface area contributed by atoms with E-state index in [9.17, 15) is 0 Å². The highest BCUT2D eigenvalue weighted by molar-refractivity contribution is 5.83. The Morgan fingerprint density at radius 3 is 2.12 bits per heavy atom.